The smallest absolute Gasteiger partial charge is 0.232 e. The van der Waals surface area contributed by atoms with Gasteiger partial charge in [0.05, 0.1) is 11.7 Å². The second kappa shape index (κ2) is 8.06. The summed E-state index contributed by atoms with van der Waals surface area (Å²) in [7, 11) is 0. The zero-order valence-corrected chi connectivity index (χ0v) is 15.2. The lowest BCUT2D eigenvalue weighted by molar-refractivity contribution is -0.139. The highest BCUT2D eigenvalue weighted by Crippen LogP contribution is 2.23. The van der Waals surface area contributed by atoms with E-state index in [-0.39, 0.29) is 17.7 Å². The van der Waals surface area contributed by atoms with Crippen LogP contribution in [0.2, 0.25) is 0 Å². The molecule has 4 nitrogen and oxygen atoms in total. The van der Waals surface area contributed by atoms with Crippen molar-refractivity contribution in [3.63, 3.8) is 0 Å². The third kappa shape index (κ3) is 4.32. The fourth-order valence-corrected chi connectivity index (χ4v) is 4.27. The van der Waals surface area contributed by atoms with Gasteiger partial charge in [-0.25, -0.2) is 0 Å². The fraction of sp³-hybridized carbons (Fsp3) is 0.579. The highest BCUT2D eigenvalue weighted by Gasteiger charge is 2.31. The maximum absolute atomic E-state index is 12.6. The van der Waals surface area contributed by atoms with Crippen molar-refractivity contribution in [3.05, 3.63) is 29.8 Å². The van der Waals surface area contributed by atoms with Crippen LogP contribution in [0.25, 0.3) is 0 Å². The van der Waals surface area contributed by atoms with Gasteiger partial charge < -0.3 is 9.80 Å². The molecule has 130 valence electrons. The quantitative estimate of drug-likeness (QED) is 0.787. The number of thioether (sulfide) groups is 1. The van der Waals surface area contributed by atoms with E-state index < -0.39 is 0 Å². The largest absolute Gasteiger partial charge is 0.342 e. The van der Waals surface area contributed by atoms with Crippen LogP contribution in [0.1, 0.15) is 31.2 Å². The Morgan fingerprint density at radius 3 is 2.42 bits per heavy atom. The molecule has 2 fully saturated rings. The van der Waals surface area contributed by atoms with Crippen molar-refractivity contribution in [1.82, 2.24) is 9.80 Å². The Labute approximate surface area is 148 Å². The van der Waals surface area contributed by atoms with Gasteiger partial charge in [0.2, 0.25) is 11.8 Å². The van der Waals surface area contributed by atoms with Crippen LogP contribution in [0.15, 0.2) is 29.2 Å². The van der Waals surface area contributed by atoms with Crippen LogP contribution in [-0.4, -0.2) is 53.5 Å². The zero-order valence-electron chi connectivity index (χ0n) is 14.4. The van der Waals surface area contributed by atoms with Crippen LogP contribution < -0.4 is 0 Å². The van der Waals surface area contributed by atoms with Gasteiger partial charge in [0.25, 0.3) is 0 Å². The summed E-state index contributed by atoms with van der Waals surface area (Å²) in [6, 6.07) is 8.25. The highest BCUT2D eigenvalue weighted by molar-refractivity contribution is 8.00. The average molecular weight is 346 g/mol. The third-order valence-corrected chi connectivity index (χ3v) is 5.92. The molecule has 2 aliphatic heterocycles. The van der Waals surface area contributed by atoms with E-state index in [1.54, 1.807) is 11.8 Å². The summed E-state index contributed by atoms with van der Waals surface area (Å²) >= 11 is 1.58. The van der Waals surface area contributed by atoms with Crippen LogP contribution in [0.4, 0.5) is 0 Å². The average Bonchev–Trinajstić information content (AvgIpc) is 3.15. The molecule has 0 spiro atoms. The number of carbonyl (C=O) groups is 2. The van der Waals surface area contributed by atoms with E-state index in [9.17, 15) is 9.59 Å². The number of likely N-dealkylation sites (tertiary alicyclic amines) is 2. The van der Waals surface area contributed by atoms with Gasteiger partial charge in [-0.05, 0) is 44.7 Å². The van der Waals surface area contributed by atoms with E-state index in [0.29, 0.717) is 12.3 Å². The van der Waals surface area contributed by atoms with Gasteiger partial charge in [0.1, 0.15) is 0 Å². The molecule has 0 bridgehead atoms. The maximum Gasteiger partial charge on any atom is 0.232 e. The molecule has 0 aromatic heterocycles. The second-order valence-electron chi connectivity index (χ2n) is 6.81. The van der Waals surface area contributed by atoms with E-state index in [0.717, 1.165) is 50.2 Å². The standard InChI is InChI=1S/C19H26N2O2S/c1-15-6-8-17(9-7-15)24-14-18(22)21-12-4-5-16(13-21)19(23)20-10-2-3-11-20/h6-9,16H,2-5,10-14H2,1H3. The van der Waals surface area contributed by atoms with Crippen LogP contribution in [-0.2, 0) is 9.59 Å². The molecule has 0 aliphatic carbocycles. The Kier molecular flexibility index (Phi) is 5.82. The zero-order chi connectivity index (χ0) is 16.9. The number of aryl methyl sites for hydroxylation is 1. The van der Waals surface area contributed by atoms with Crippen molar-refractivity contribution in [1.29, 1.82) is 0 Å². The van der Waals surface area contributed by atoms with E-state index in [1.165, 1.54) is 5.56 Å². The molecule has 0 saturated carbocycles. The molecular formula is C19H26N2O2S. The number of piperidine rings is 1. The SMILES string of the molecule is Cc1ccc(SCC(=O)N2CCCC(C(=O)N3CCCC3)C2)cc1. The number of hydrogen-bond acceptors (Lipinski definition) is 3. The molecule has 2 heterocycles. The minimum atomic E-state index is 0.00479. The van der Waals surface area contributed by atoms with E-state index >= 15 is 0 Å². The molecule has 5 heteroatoms. The van der Waals surface area contributed by atoms with Crippen LogP contribution >= 0.6 is 11.8 Å². The van der Waals surface area contributed by atoms with Crippen molar-refractivity contribution in [2.75, 3.05) is 31.9 Å². The molecule has 0 N–H and O–H groups in total. The summed E-state index contributed by atoms with van der Waals surface area (Å²) in [6.45, 7) is 5.24. The predicted molar refractivity (Wildman–Crippen MR) is 97.0 cm³/mol. The summed E-state index contributed by atoms with van der Waals surface area (Å²) in [5.74, 6) is 0.870. The molecule has 3 rings (SSSR count). The number of amides is 2. The normalized spacial score (nSPS) is 21.1. The minimum Gasteiger partial charge on any atom is -0.342 e. The molecule has 24 heavy (non-hydrogen) atoms. The van der Waals surface area contributed by atoms with Gasteiger partial charge in [-0.2, -0.15) is 0 Å². The number of nitrogens with zero attached hydrogens (tertiary/aromatic N) is 2. The Morgan fingerprint density at radius 1 is 1.04 bits per heavy atom. The van der Waals surface area contributed by atoms with Crippen molar-refractivity contribution in [2.24, 2.45) is 5.92 Å². The number of carbonyl (C=O) groups excluding carboxylic acids is 2. The van der Waals surface area contributed by atoms with Crippen LogP contribution in [0.5, 0.6) is 0 Å². The maximum atomic E-state index is 12.6. The fourth-order valence-electron chi connectivity index (χ4n) is 3.47. The summed E-state index contributed by atoms with van der Waals surface area (Å²) in [4.78, 5) is 30.1. The topological polar surface area (TPSA) is 40.6 Å². The lowest BCUT2D eigenvalue weighted by Crippen LogP contribution is -2.46. The molecule has 0 radical (unpaired) electrons. The molecule has 2 aliphatic rings. The highest BCUT2D eigenvalue weighted by atomic mass is 32.2. The first-order chi connectivity index (χ1) is 11.6. The molecular weight excluding hydrogens is 320 g/mol. The van der Waals surface area contributed by atoms with Crippen LogP contribution in [0.3, 0.4) is 0 Å². The van der Waals surface area contributed by atoms with Gasteiger partial charge in [-0.1, -0.05) is 17.7 Å². The van der Waals surface area contributed by atoms with E-state index in [4.69, 9.17) is 0 Å². The number of benzene rings is 1. The molecule has 1 unspecified atom stereocenters. The Hall–Kier alpha value is -1.49. The number of hydrogen-bond donors (Lipinski definition) is 0. The molecule has 2 saturated heterocycles. The van der Waals surface area contributed by atoms with Crippen molar-refractivity contribution >= 4 is 23.6 Å². The Balaban J connectivity index is 1.51. The second-order valence-corrected chi connectivity index (χ2v) is 7.86. The van der Waals surface area contributed by atoms with Gasteiger partial charge in [-0.3, -0.25) is 9.59 Å². The van der Waals surface area contributed by atoms with Crippen molar-refractivity contribution in [3.8, 4) is 0 Å². The van der Waals surface area contributed by atoms with E-state index in [1.807, 2.05) is 9.80 Å². The first-order valence-corrected chi connectivity index (χ1v) is 9.88. The minimum absolute atomic E-state index is 0.00479. The van der Waals surface area contributed by atoms with Gasteiger partial charge in [0, 0.05) is 31.1 Å². The lowest BCUT2D eigenvalue weighted by atomic mass is 9.96. The predicted octanol–water partition coefficient (Wildman–Crippen LogP) is 2.95. The molecule has 1 atom stereocenters. The molecule has 1 aromatic rings. The number of rotatable bonds is 4. The summed E-state index contributed by atoms with van der Waals surface area (Å²) in [5.41, 5.74) is 1.23. The van der Waals surface area contributed by atoms with E-state index in [2.05, 4.69) is 31.2 Å². The molecule has 1 aromatic carbocycles. The van der Waals surface area contributed by atoms with Crippen molar-refractivity contribution in [2.45, 2.75) is 37.5 Å². The van der Waals surface area contributed by atoms with Crippen molar-refractivity contribution < 1.29 is 9.59 Å². The monoisotopic (exact) mass is 346 g/mol. The van der Waals surface area contributed by atoms with Gasteiger partial charge >= 0.3 is 0 Å². The lowest BCUT2D eigenvalue weighted by Gasteiger charge is -2.34. The summed E-state index contributed by atoms with van der Waals surface area (Å²) < 4.78 is 0. The Bertz CT molecular complexity index is 582. The summed E-state index contributed by atoms with van der Waals surface area (Å²) in [6.07, 6.45) is 4.10. The van der Waals surface area contributed by atoms with Gasteiger partial charge in [0.15, 0.2) is 0 Å². The first-order valence-electron chi connectivity index (χ1n) is 8.89. The van der Waals surface area contributed by atoms with Gasteiger partial charge in [-0.15, -0.1) is 11.8 Å². The van der Waals surface area contributed by atoms with Crippen LogP contribution in [0, 0.1) is 12.8 Å². The first kappa shape index (κ1) is 17.3. The molecule has 2 amide bonds. The Morgan fingerprint density at radius 2 is 1.71 bits per heavy atom. The summed E-state index contributed by atoms with van der Waals surface area (Å²) in [5, 5.41) is 0. The third-order valence-electron chi connectivity index (χ3n) is 4.92.